The van der Waals surface area contributed by atoms with Crippen molar-refractivity contribution in [2.45, 2.75) is 80.1 Å². The first-order chi connectivity index (χ1) is 13.7. The molecular formula is C28H42. The van der Waals surface area contributed by atoms with Gasteiger partial charge in [0.2, 0.25) is 0 Å². The van der Waals surface area contributed by atoms with Gasteiger partial charge in [0.1, 0.15) is 0 Å². The van der Waals surface area contributed by atoms with Crippen LogP contribution < -0.4 is 0 Å². The third-order valence-corrected chi connectivity index (χ3v) is 4.94. The topological polar surface area (TPSA) is 0 Å². The van der Waals surface area contributed by atoms with Gasteiger partial charge in [-0.3, -0.25) is 0 Å². The molecule has 0 bridgehead atoms. The van der Waals surface area contributed by atoms with Crippen LogP contribution >= 0.6 is 0 Å². The van der Waals surface area contributed by atoms with Gasteiger partial charge >= 0.3 is 0 Å². The van der Waals surface area contributed by atoms with Crippen molar-refractivity contribution >= 4 is 10.8 Å². The summed E-state index contributed by atoms with van der Waals surface area (Å²) >= 11 is 0. The van der Waals surface area contributed by atoms with Crippen LogP contribution in [0.1, 0.15) is 91.2 Å². The molecule has 0 saturated carbocycles. The molecule has 2 unspecified atom stereocenters. The van der Waals surface area contributed by atoms with Crippen LogP contribution in [0.4, 0.5) is 0 Å². The summed E-state index contributed by atoms with van der Waals surface area (Å²) in [6.07, 6.45) is 2.43. The third kappa shape index (κ3) is 8.74. The van der Waals surface area contributed by atoms with Crippen LogP contribution in [-0.4, -0.2) is 0 Å². The van der Waals surface area contributed by atoms with Crippen molar-refractivity contribution < 1.29 is 0 Å². The fourth-order valence-corrected chi connectivity index (χ4v) is 2.77. The molecule has 0 aliphatic heterocycles. The molecule has 154 valence electrons. The van der Waals surface area contributed by atoms with Crippen molar-refractivity contribution in [3.8, 4) is 0 Å². The second-order valence-corrected chi connectivity index (χ2v) is 6.64. The normalized spacial score (nSPS) is 11.6. The summed E-state index contributed by atoms with van der Waals surface area (Å²) in [5.41, 5.74) is 2.90. The van der Waals surface area contributed by atoms with E-state index >= 15 is 0 Å². The largest absolute Gasteiger partial charge is 0.0683 e. The summed E-state index contributed by atoms with van der Waals surface area (Å²) in [5.74, 6) is 1.38. The van der Waals surface area contributed by atoms with E-state index in [0.29, 0.717) is 11.8 Å². The van der Waals surface area contributed by atoms with Crippen LogP contribution in [0.3, 0.4) is 0 Å². The number of fused-ring (bicyclic) bond motifs is 1. The van der Waals surface area contributed by atoms with Crippen LogP contribution in [0.15, 0.2) is 72.8 Å². The van der Waals surface area contributed by atoms with E-state index < -0.39 is 0 Å². The van der Waals surface area contributed by atoms with Crippen molar-refractivity contribution in [3.63, 3.8) is 0 Å². The molecule has 0 nitrogen and oxygen atoms in total. The Hall–Kier alpha value is -2.08. The second-order valence-electron chi connectivity index (χ2n) is 6.64. The first kappa shape index (κ1) is 25.9. The summed E-state index contributed by atoms with van der Waals surface area (Å²) in [5, 5.41) is 2.69. The van der Waals surface area contributed by atoms with Gasteiger partial charge < -0.3 is 0 Å². The Morgan fingerprint density at radius 2 is 1.00 bits per heavy atom. The molecule has 3 aromatic carbocycles. The van der Waals surface area contributed by atoms with E-state index in [1.54, 1.807) is 0 Å². The summed E-state index contributed by atoms with van der Waals surface area (Å²) in [4.78, 5) is 0. The fourth-order valence-electron chi connectivity index (χ4n) is 2.77. The number of benzene rings is 3. The lowest BCUT2D eigenvalue weighted by molar-refractivity contribution is 0.733. The average molecular weight is 379 g/mol. The minimum atomic E-state index is 0.666. The van der Waals surface area contributed by atoms with Crippen LogP contribution in [0.25, 0.3) is 10.8 Å². The molecule has 0 fully saturated rings. The minimum Gasteiger partial charge on any atom is -0.0683 e. The molecule has 0 aliphatic rings. The quantitative estimate of drug-likeness (QED) is 0.424. The zero-order valence-electron chi connectivity index (χ0n) is 19.5. The highest BCUT2D eigenvalue weighted by atomic mass is 14.1. The maximum absolute atomic E-state index is 2.31. The Morgan fingerprint density at radius 3 is 1.54 bits per heavy atom. The van der Waals surface area contributed by atoms with Gasteiger partial charge in [-0.2, -0.15) is 0 Å². The van der Waals surface area contributed by atoms with Crippen LogP contribution in [0.2, 0.25) is 0 Å². The van der Waals surface area contributed by atoms with Crippen molar-refractivity contribution in [3.05, 3.63) is 83.9 Å². The van der Waals surface area contributed by atoms with Crippen LogP contribution in [0, 0.1) is 0 Å². The summed E-state index contributed by atoms with van der Waals surface area (Å²) < 4.78 is 0. The van der Waals surface area contributed by atoms with Gasteiger partial charge in [-0.25, -0.2) is 0 Å². The molecular weight excluding hydrogens is 336 g/mol. The Balaban J connectivity index is 0.000000460. The molecule has 0 saturated heterocycles. The van der Waals surface area contributed by atoms with E-state index in [1.807, 2.05) is 27.7 Å². The molecule has 0 heteroatoms. The summed E-state index contributed by atoms with van der Waals surface area (Å²) in [6, 6.07) is 25.9. The fraction of sp³-hybridized carbons (Fsp3) is 0.429. The highest BCUT2D eigenvalue weighted by Crippen LogP contribution is 2.23. The van der Waals surface area contributed by atoms with E-state index in [2.05, 4.69) is 100 Å². The van der Waals surface area contributed by atoms with E-state index in [-0.39, 0.29) is 0 Å². The van der Waals surface area contributed by atoms with Gasteiger partial charge in [0.05, 0.1) is 0 Å². The molecule has 0 radical (unpaired) electrons. The molecule has 3 rings (SSSR count). The highest BCUT2D eigenvalue weighted by Gasteiger charge is 2.02. The molecule has 0 amide bonds. The standard InChI is InChI=1S/C14H16.C10H14.2C2H6/c1-3-11(2)13-9-8-12-6-4-5-7-14(12)10-13;1-3-9(2)10-7-5-4-6-8-10;2*1-2/h4-11H,3H2,1-2H3;4-9H,3H2,1-2H3;2*1-2H3. The predicted molar refractivity (Wildman–Crippen MR) is 130 cm³/mol. The Labute approximate surface area is 175 Å². The lowest BCUT2D eigenvalue weighted by Gasteiger charge is -2.09. The van der Waals surface area contributed by atoms with Gasteiger partial charge in [-0.15, -0.1) is 0 Å². The first-order valence-corrected chi connectivity index (χ1v) is 11.2. The van der Waals surface area contributed by atoms with Crippen LogP contribution in [0.5, 0.6) is 0 Å². The summed E-state index contributed by atoms with van der Waals surface area (Å²) in [6.45, 7) is 17.0. The van der Waals surface area contributed by atoms with Crippen LogP contribution in [-0.2, 0) is 0 Å². The highest BCUT2D eigenvalue weighted by molar-refractivity contribution is 5.83. The maximum Gasteiger partial charge on any atom is -0.0181 e. The first-order valence-electron chi connectivity index (χ1n) is 11.2. The smallest absolute Gasteiger partial charge is 0.0181 e. The van der Waals surface area contributed by atoms with Gasteiger partial charge in [0.25, 0.3) is 0 Å². The Morgan fingerprint density at radius 1 is 0.536 bits per heavy atom. The SMILES string of the molecule is CC.CC.CCC(C)c1ccc2ccccc2c1.CCC(C)c1ccccc1. The molecule has 28 heavy (non-hydrogen) atoms. The molecule has 0 aromatic heterocycles. The molecule has 3 aromatic rings. The van der Waals surface area contributed by atoms with Gasteiger partial charge in [0, 0.05) is 0 Å². The van der Waals surface area contributed by atoms with Crippen molar-refractivity contribution in [1.29, 1.82) is 0 Å². The Kier molecular flexibility index (Phi) is 14.7. The zero-order chi connectivity index (χ0) is 21.4. The maximum atomic E-state index is 2.31. The molecule has 0 aliphatic carbocycles. The van der Waals surface area contributed by atoms with Gasteiger partial charge in [-0.05, 0) is 46.6 Å². The second kappa shape index (κ2) is 15.9. The number of hydrogen-bond acceptors (Lipinski definition) is 0. The third-order valence-electron chi connectivity index (χ3n) is 4.94. The molecule has 0 heterocycles. The number of rotatable bonds is 4. The van der Waals surface area contributed by atoms with E-state index in [1.165, 1.54) is 34.7 Å². The van der Waals surface area contributed by atoms with Crippen molar-refractivity contribution in [2.75, 3.05) is 0 Å². The zero-order valence-corrected chi connectivity index (χ0v) is 19.5. The predicted octanol–water partition coefficient (Wildman–Crippen LogP) is 9.61. The van der Waals surface area contributed by atoms with Gasteiger partial charge in [-0.1, -0.05) is 128 Å². The van der Waals surface area contributed by atoms with Crippen molar-refractivity contribution in [2.24, 2.45) is 0 Å². The van der Waals surface area contributed by atoms with E-state index in [0.717, 1.165) is 0 Å². The Bertz CT molecular complexity index is 727. The van der Waals surface area contributed by atoms with Gasteiger partial charge in [0.15, 0.2) is 0 Å². The molecule has 0 spiro atoms. The molecule has 0 N–H and O–H groups in total. The summed E-state index contributed by atoms with van der Waals surface area (Å²) in [7, 11) is 0. The monoisotopic (exact) mass is 378 g/mol. The lowest BCUT2D eigenvalue weighted by atomic mass is 9.96. The minimum absolute atomic E-state index is 0.666. The van der Waals surface area contributed by atoms with E-state index in [4.69, 9.17) is 0 Å². The van der Waals surface area contributed by atoms with E-state index in [9.17, 15) is 0 Å². The lowest BCUT2D eigenvalue weighted by Crippen LogP contribution is -1.90. The molecule has 2 atom stereocenters. The number of hydrogen-bond donors (Lipinski definition) is 0. The van der Waals surface area contributed by atoms with Crippen molar-refractivity contribution in [1.82, 2.24) is 0 Å². The average Bonchev–Trinajstić information content (AvgIpc) is 2.81.